The highest BCUT2D eigenvalue weighted by Crippen LogP contribution is 2.26. The van der Waals surface area contributed by atoms with Gasteiger partial charge in [0.05, 0.1) is 6.04 Å². The molecule has 0 bridgehead atoms. The van der Waals surface area contributed by atoms with E-state index >= 15 is 0 Å². The largest absolute Gasteiger partial charge is 0.457 e. The Morgan fingerprint density at radius 3 is 2.00 bits per heavy atom. The van der Waals surface area contributed by atoms with Crippen molar-refractivity contribution in [1.82, 2.24) is 4.90 Å². The molecule has 4 aromatic rings. The second kappa shape index (κ2) is 11.1. The van der Waals surface area contributed by atoms with E-state index < -0.39 is 0 Å². The van der Waals surface area contributed by atoms with Gasteiger partial charge < -0.3 is 9.64 Å². The topological polar surface area (TPSA) is 29.5 Å². The molecular weight excluding hydrogens is 406 g/mol. The lowest BCUT2D eigenvalue weighted by Gasteiger charge is -2.30. The molecule has 0 spiro atoms. The van der Waals surface area contributed by atoms with E-state index in [1.165, 1.54) is 5.56 Å². The van der Waals surface area contributed by atoms with E-state index in [2.05, 4.69) is 31.2 Å². The van der Waals surface area contributed by atoms with Crippen LogP contribution < -0.4 is 4.74 Å². The minimum absolute atomic E-state index is 0.0341. The van der Waals surface area contributed by atoms with E-state index in [0.717, 1.165) is 29.0 Å². The van der Waals surface area contributed by atoms with Crippen molar-refractivity contribution >= 4 is 5.91 Å². The SMILES string of the molecule is CC(c1ccccc1)N(Cc1cccc(Oc2ccccc2)c1)C(=O)CCc1ccccc1. The van der Waals surface area contributed by atoms with Gasteiger partial charge in [0.1, 0.15) is 11.5 Å². The predicted molar refractivity (Wildman–Crippen MR) is 133 cm³/mol. The first kappa shape index (κ1) is 22.3. The van der Waals surface area contributed by atoms with Crippen LogP contribution in [-0.2, 0) is 17.8 Å². The van der Waals surface area contributed by atoms with E-state index in [9.17, 15) is 4.79 Å². The minimum atomic E-state index is -0.0341. The number of aryl methyl sites for hydroxylation is 1. The Hall–Kier alpha value is -3.85. The summed E-state index contributed by atoms with van der Waals surface area (Å²) in [6.07, 6.45) is 1.20. The van der Waals surface area contributed by atoms with E-state index in [0.29, 0.717) is 13.0 Å². The number of hydrogen-bond donors (Lipinski definition) is 0. The van der Waals surface area contributed by atoms with Gasteiger partial charge in [0.2, 0.25) is 5.91 Å². The first-order valence-corrected chi connectivity index (χ1v) is 11.4. The summed E-state index contributed by atoms with van der Waals surface area (Å²) in [5.74, 6) is 1.70. The number of ether oxygens (including phenoxy) is 1. The molecule has 0 aromatic heterocycles. The number of para-hydroxylation sites is 1. The van der Waals surface area contributed by atoms with E-state index in [4.69, 9.17) is 4.74 Å². The van der Waals surface area contributed by atoms with Crippen LogP contribution in [0.4, 0.5) is 0 Å². The Morgan fingerprint density at radius 1 is 0.727 bits per heavy atom. The maximum Gasteiger partial charge on any atom is 0.223 e. The maximum atomic E-state index is 13.4. The smallest absolute Gasteiger partial charge is 0.223 e. The van der Waals surface area contributed by atoms with Gasteiger partial charge in [-0.25, -0.2) is 0 Å². The van der Waals surface area contributed by atoms with Crippen molar-refractivity contribution in [3.8, 4) is 11.5 Å². The molecule has 0 aliphatic rings. The molecule has 166 valence electrons. The third-order valence-corrected chi connectivity index (χ3v) is 5.77. The molecular formula is C30H29NO2. The van der Waals surface area contributed by atoms with E-state index in [-0.39, 0.29) is 11.9 Å². The summed E-state index contributed by atoms with van der Waals surface area (Å²) in [4.78, 5) is 15.4. The molecule has 0 aliphatic heterocycles. The number of hydrogen-bond acceptors (Lipinski definition) is 2. The van der Waals surface area contributed by atoms with Crippen molar-refractivity contribution in [2.24, 2.45) is 0 Å². The fraction of sp³-hybridized carbons (Fsp3) is 0.167. The Balaban J connectivity index is 1.53. The maximum absolute atomic E-state index is 13.4. The monoisotopic (exact) mass is 435 g/mol. The summed E-state index contributed by atoms with van der Waals surface area (Å²) in [6.45, 7) is 2.62. The Morgan fingerprint density at radius 2 is 1.30 bits per heavy atom. The van der Waals surface area contributed by atoms with Gasteiger partial charge in [0, 0.05) is 13.0 Å². The molecule has 4 rings (SSSR count). The summed E-state index contributed by atoms with van der Waals surface area (Å²) in [5, 5.41) is 0. The van der Waals surface area contributed by atoms with Gasteiger partial charge in [0.25, 0.3) is 0 Å². The van der Waals surface area contributed by atoms with Crippen molar-refractivity contribution in [2.45, 2.75) is 32.4 Å². The first-order chi connectivity index (χ1) is 16.2. The summed E-state index contributed by atoms with van der Waals surface area (Å²) < 4.78 is 6.01. The van der Waals surface area contributed by atoms with E-state index in [1.807, 2.05) is 95.9 Å². The molecule has 3 heteroatoms. The van der Waals surface area contributed by atoms with Gasteiger partial charge in [-0.05, 0) is 54.3 Å². The average molecular weight is 436 g/mol. The second-order valence-corrected chi connectivity index (χ2v) is 8.16. The van der Waals surface area contributed by atoms with Gasteiger partial charge in [-0.15, -0.1) is 0 Å². The van der Waals surface area contributed by atoms with Crippen LogP contribution >= 0.6 is 0 Å². The molecule has 4 aromatic carbocycles. The zero-order valence-electron chi connectivity index (χ0n) is 18.9. The molecule has 0 radical (unpaired) electrons. The Labute approximate surface area is 196 Å². The first-order valence-electron chi connectivity index (χ1n) is 11.4. The van der Waals surface area contributed by atoms with Crippen LogP contribution in [0.15, 0.2) is 115 Å². The zero-order valence-corrected chi connectivity index (χ0v) is 18.9. The summed E-state index contributed by atoms with van der Waals surface area (Å²) in [7, 11) is 0. The number of rotatable bonds is 9. The molecule has 1 amide bonds. The zero-order chi connectivity index (χ0) is 22.9. The predicted octanol–water partition coefficient (Wildman–Crippen LogP) is 7.20. The third kappa shape index (κ3) is 6.33. The van der Waals surface area contributed by atoms with Crippen LogP contribution in [0.5, 0.6) is 11.5 Å². The van der Waals surface area contributed by atoms with Crippen LogP contribution in [0.3, 0.4) is 0 Å². The summed E-state index contributed by atoms with van der Waals surface area (Å²) in [6, 6.07) is 38.1. The van der Waals surface area contributed by atoms with Crippen LogP contribution in [0.1, 0.15) is 36.1 Å². The average Bonchev–Trinajstić information content (AvgIpc) is 2.87. The molecule has 33 heavy (non-hydrogen) atoms. The quantitative estimate of drug-likeness (QED) is 0.278. The highest BCUT2D eigenvalue weighted by Gasteiger charge is 2.22. The normalized spacial score (nSPS) is 11.5. The number of benzene rings is 4. The van der Waals surface area contributed by atoms with Crippen LogP contribution in [-0.4, -0.2) is 10.8 Å². The fourth-order valence-corrected chi connectivity index (χ4v) is 3.92. The van der Waals surface area contributed by atoms with Gasteiger partial charge >= 0.3 is 0 Å². The van der Waals surface area contributed by atoms with Gasteiger partial charge in [-0.2, -0.15) is 0 Å². The fourth-order valence-electron chi connectivity index (χ4n) is 3.92. The minimum Gasteiger partial charge on any atom is -0.457 e. The molecule has 0 saturated heterocycles. The molecule has 1 atom stereocenters. The van der Waals surface area contributed by atoms with Crippen molar-refractivity contribution in [1.29, 1.82) is 0 Å². The van der Waals surface area contributed by atoms with Crippen molar-refractivity contribution in [3.05, 3.63) is 132 Å². The molecule has 0 N–H and O–H groups in total. The Bertz CT molecular complexity index is 1140. The highest BCUT2D eigenvalue weighted by atomic mass is 16.5. The molecule has 0 fully saturated rings. The lowest BCUT2D eigenvalue weighted by molar-refractivity contribution is -0.134. The van der Waals surface area contributed by atoms with E-state index in [1.54, 1.807) is 0 Å². The lowest BCUT2D eigenvalue weighted by Crippen LogP contribution is -2.33. The van der Waals surface area contributed by atoms with Gasteiger partial charge in [-0.1, -0.05) is 91.0 Å². The van der Waals surface area contributed by atoms with Gasteiger partial charge in [0.15, 0.2) is 0 Å². The number of carbonyl (C=O) groups excluding carboxylic acids is 1. The molecule has 0 heterocycles. The molecule has 0 aliphatic carbocycles. The summed E-state index contributed by atoms with van der Waals surface area (Å²) >= 11 is 0. The highest BCUT2D eigenvalue weighted by molar-refractivity contribution is 5.77. The van der Waals surface area contributed by atoms with Crippen LogP contribution in [0.2, 0.25) is 0 Å². The Kier molecular flexibility index (Phi) is 7.55. The van der Waals surface area contributed by atoms with Crippen LogP contribution in [0.25, 0.3) is 0 Å². The van der Waals surface area contributed by atoms with Crippen molar-refractivity contribution in [3.63, 3.8) is 0 Å². The standard InChI is InChI=1S/C30H29NO2/c1-24(27-15-7-3-8-16-27)31(30(32)21-20-25-12-5-2-6-13-25)23-26-14-11-19-29(22-26)33-28-17-9-4-10-18-28/h2-19,22,24H,20-21,23H2,1H3. The van der Waals surface area contributed by atoms with Gasteiger partial charge in [-0.3, -0.25) is 4.79 Å². The summed E-state index contributed by atoms with van der Waals surface area (Å²) in [5.41, 5.74) is 3.35. The number of nitrogens with zero attached hydrogens (tertiary/aromatic N) is 1. The number of amides is 1. The third-order valence-electron chi connectivity index (χ3n) is 5.77. The second-order valence-electron chi connectivity index (χ2n) is 8.16. The molecule has 3 nitrogen and oxygen atoms in total. The lowest BCUT2D eigenvalue weighted by atomic mass is 10.0. The van der Waals surface area contributed by atoms with Crippen molar-refractivity contribution < 1.29 is 9.53 Å². The van der Waals surface area contributed by atoms with Crippen LogP contribution in [0, 0.1) is 0 Å². The van der Waals surface area contributed by atoms with Crippen molar-refractivity contribution in [2.75, 3.05) is 0 Å². The molecule has 0 saturated carbocycles. The number of carbonyl (C=O) groups is 1. The molecule has 1 unspecified atom stereocenters.